The summed E-state index contributed by atoms with van der Waals surface area (Å²) in [5.74, 6) is -0.138. The first-order valence-corrected chi connectivity index (χ1v) is 10.2. The van der Waals surface area contributed by atoms with E-state index in [2.05, 4.69) is 5.32 Å². The van der Waals surface area contributed by atoms with Gasteiger partial charge in [0.05, 0.1) is 5.69 Å². The van der Waals surface area contributed by atoms with E-state index < -0.39 is 0 Å². The van der Waals surface area contributed by atoms with Gasteiger partial charge in [-0.1, -0.05) is 42.5 Å². The van der Waals surface area contributed by atoms with Gasteiger partial charge in [-0.25, -0.2) is 9.50 Å². The van der Waals surface area contributed by atoms with Crippen molar-refractivity contribution in [3.8, 4) is 11.3 Å². The number of hydrogen-bond acceptors (Lipinski definition) is 4. The Balaban J connectivity index is 1.52. The SMILES string of the molecule is CC(=O)c1cccc(NC(=O)CCc2c(C)nc3cc(-c4ccccc4)nn3c2C)c1. The molecule has 4 aromatic rings. The molecule has 0 radical (unpaired) electrons. The Labute approximate surface area is 180 Å². The van der Waals surface area contributed by atoms with Crippen molar-refractivity contribution in [2.45, 2.75) is 33.6 Å². The summed E-state index contributed by atoms with van der Waals surface area (Å²) in [6, 6.07) is 19.0. The third-order valence-corrected chi connectivity index (χ3v) is 5.39. The number of aryl methyl sites for hydroxylation is 2. The summed E-state index contributed by atoms with van der Waals surface area (Å²) in [7, 11) is 0. The standard InChI is InChI=1S/C25H24N4O2/c1-16-22(12-13-25(31)27-21-11-7-10-20(14-21)18(3)30)17(2)29-24(26-16)15-23(28-29)19-8-5-4-6-9-19/h4-11,14-15H,12-13H2,1-3H3,(H,27,31). The summed E-state index contributed by atoms with van der Waals surface area (Å²) in [6.45, 7) is 5.48. The molecule has 0 atom stereocenters. The molecular weight excluding hydrogens is 388 g/mol. The predicted molar refractivity (Wildman–Crippen MR) is 121 cm³/mol. The van der Waals surface area contributed by atoms with E-state index in [0.717, 1.165) is 33.9 Å². The number of nitrogens with zero attached hydrogens (tertiary/aromatic N) is 3. The lowest BCUT2D eigenvalue weighted by Gasteiger charge is -2.11. The molecule has 0 unspecified atom stereocenters. The molecule has 4 rings (SSSR count). The number of amides is 1. The third-order valence-electron chi connectivity index (χ3n) is 5.39. The van der Waals surface area contributed by atoms with E-state index in [1.807, 2.05) is 54.8 Å². The van der Waals surface area contributed by atoms with Crippen LogP contribution in [0.15, 0.2) is 60.7 Å². The fourth-order valence-electron chi connectivity index (χ4n) is 3.72. The van der Waals surface area contributed by atoms with Crippen molar-refractivity contribution in [2.24, 2.45) is 0 Å². The van der Waals surface area contributed by atoms with Gasteiger partial charge in [-0.3, -0.25) is 9.59 Å². The van der Waals surface area contributed by atoms with Gasteiger partial charge in [0.25, 0.3) is 0 Å². The van der Waals surface area contributed by atoms with E-state index >= 15 is 0 Å². The Hall–Kier alpha value is -3.80. The Bertz CT molecular complexity index is 1280. The minimum atomic E-state index is -0.106. The number of fused-ring (bicyclic) bond motifs is 1. The van der Waals surface area contributed by atoms with Crippen molar-refractivity contribution in [3.63, 3.8) is 0 Å². The second kappa shape index (κ2) is 8.52. The quantitative estimate of drug-likeness (QED) is 0.462. The molecule has 6 heteroatoms. The monoisotopic (exact) mass is 412 g/mol. The molecule has 6 nitrogen and oxygen atoms in total. The Kier molecular flexibility index (Phi) is 5.62. The van der Waals surface area contributed by atoms with Gasteiger partial charge < -0.3 is 5.32 Å². The second-order valence-electron chi connectivity index (χ2n) is 7.61. The topological polar surface area (TPSA) is 76.4 Å². The van der Waals surface area contributed by atoms with Gasteiger partial charge in [-0.05, 0) is 44.9 Å². The number of benzene rings is 2. The van der Waals surface area contributed by atoms with Crippen LogP contribution in [-0.4, -0.2) is 26.3 Å². The fourth-order valence-corrected chi connectivity index (χ4v) is 3.72. The van der Waals surface area contributed by atoms with Gasteiger partial charge in [0.2, 0.25) is 5.91 Å². The highest BCUT2D eigenvalue weighted by Gasteiger charge is 2.14. The normalized spacial score (nSPS) is 10.9. The van der Waals surface area contributed by atoms with E-state index in [1.54, 1.807) is 24.3 Å². The summed E-state index contributed by atoms with van der Waals surface area (Å²) < 4.78 is 1.85. The molecular formula is C25H24N4O2. The molecule has 0 bridgehead atoms. The van der Waals surface area contributed by atoms with Gasteiger partial charge in [-0.2, -0.15) is 5.10 Å². The van der Waals surface area contributed by atoms with E-state index in [0.29, 0.717) is 24.1 Å². The van der Waals surface area contributed by atoms with Crippen molar-refractivity contribution in [2.75, 3.05) is 5.32 Å². The molecule has 2 aromatic carbocycles. The molecule has 31 heavy (non-hydrogen) atoms. The minimum Gasteiger partial charge on any atom is -0.326 e. The van der Waals surface area contributed by atoms with E-state index in [9.17, 15) is 9.59 Å². The van der Waals surface area contributed by atoms with Crippen LogP contribution >= 0.6 is 0 Å². The molecule has 0 aliphatic rings. The molecule has 0 aliphatic carbocycles. The van der Waals surface area contributed by atoms with Crippen LogP contribution in [0.5, 0.6) is 0 Å². The first-order chi connectivity index (χ1) is 14.9. The molecule has 0 spiro atoms. The lowest BCUT2D eigenvalue weighted by atomic mass is 10.1. The molecule has 156 valence electrons. The summed E-state index contributed by atoms with van der Waals surface area (Å²) in [5, 5.41) is 7.60. The smallest absolute Gasteiger partial charge is 0.224 e. The highest BCUT2D eigenvalue weighted by Crippen LogP contribution is 2.22. The highest BCUT2D eigenvalue weighted by molar-refractivity contribution is 5.97. The lowest BCUT2D eigenvalue weighted by molar-refractivity contribution is -0.116. The number of ketones is 1. The predicted octanol–water partition coefficient (Wildman–Crippen LogP) is 4.79. The summed E-state index contributed by atoms with van der Waals surface area (Å²) in [5.41, 5.74) is 6.80. The van der Waals surface area contributed by atoms with Gasteiger partial charge in [0, 0.05) is 40.7 Å². The van der Waals surface area contributed by atoms with Gasteiger partial charge in [0.15, 0.2) is 11.4 Å². The number of carbonyl (C=O) groups is 2. The molecule has 2 heterocycles. The van der Waals surface area contributed by atoms with Gasteiger partial charge >= 0.3 is 0 Å². The summed E-state index contributed by atoms with van der Waals surface area (Å²) in [4.78, 5) is 28.8. The van der Waals surface area contributed by atoms with Gasteiger partial charge in [0.1, 0.15) is 0 Å². The van der Waals surface area contributed by atoms with Crippen LogP contribution in [-0.2, 0) is 11.2 Å². The maximum absolute atomic E-state index is 12.5. The number of rotatable bonds is 6. The lowest BCUT2D eigenvalue weighted by Crippen LogP contribution is -2.14. The number of aromatic nitrogens is 3. The zero-order valence-electron chi connectivity index (χ0n) is 17.8. The first-order valence-electron chi connectivity index (χ1n) is 10.2. The molecule has 0 saturated carbocycles. The van der Waals surface area contributed by atoms with Crippen LogP contribution in [0.1, 0.15) is 40.7 Å². The molecule has 1 amide bonds. The number of Topliss-reactive ketones (excluding diaryl/α,β-unsaturated/α-hetero) is 1. The number of anilines is 1. The van der Waals surface area contributed by atoms with Crippen molar-refractivity contribution in [1.82, 2.24) is 14.6 Å². The van der Waals surface area contributed by atoms with Crippen LogP contribution in [0.2, 0.25) is 0 Å². The summed E-state index contributed by atoms with van der Waals surface area (Å²) >= 11 is 0. The zero-order chi connectivity index (χ0) is 22.0. The van der Waals surface area contributed by atoms with Crippen molar-refractivity contribution >= 4 is 23.0 Å². The number of carbonyl (C=O) groups excluding carboxylic acids is 2. The average molecular weight is 412 g/mol. The zero-order valence-corrected chi connectivity index (χ0v) is 17.8. The maximum atomic E-state index is 12.5. The van der Waals surface area contributed by atoms with Crippen molar-refractivity contribution < 1.29 is 9.59 Å². The second-order valence-corrected chi connectivity index (χ2v) is 7.61. The van der Waals surface area contributed by atoms with Gasteiger partial charge in [-0.15, -0.1) is 0 Å². The van der Waals surface area contributed by atoms with Crippen LogP contribution in [0.4, 0.5) is 5.69 Å². The van der Waals surface area contributed by atoms with Crippen LogP contribution in [0, 0.1) is 13.8 Å². The summed E-state index contributed by atoms with van der Waals surface area (Å²) in [6.07, 6.45) is 0.866. The molecule has 0 aliphatic heterocycles. The van der Waals surface area contributed by atoms with Crippen molar-refractivity contribution in [3.05, 3.63) is 83.2 Å². The van der Waals surface area contributed by atoms with E-state index in [4.69, 9.17) is 10.1 Å². The molecule has 0 saturated heterocycles. The van der Waals surface area contributed by atoms with E-state index in [-0.39, 0.29) is 11.7 Å². The van der Waals surface area contributed by atoms with Crippen LogP contribution in [0.3, 0.4) is 0 Å². The highest BCUT2D eigenvalue weighted by atomic mass is 16.1. The Morgan fingerprint density at radius 1 is 1.00 bits per heavy atom. The molecule has 1 N–H and O–H groups in total. The molecule has 2 aromatic heterocycles. The third kappa shape index (κ3) is 4.38. The minimum absolute atomic E-state index is 0.0316. The fraction of sp³-hybridized carbons (Fsp3) is 0.200. The van der Waals surface area contributed by atoms with Crippen LogP contribution < -0.4 is 5.32 Å². The van der Waals surface area contributed by atoms with E-state index in [1.165, 1.54) is 6.92 Å². The first kappa shape index (κ1) is 20.5. The van der Waals surface area contributed by atoms with Crippen LogP contribution in [0.25, 0.3) is 16.9 Å². The number of nitrogens with one attached hydrogen (secondary N) is 1. The average Bonchev–Trinajstić information content (AvgIpc) is 3.18. The Morgan fingerprint density at radius 3 is 2.52 bits per heavy atom. The maximum Gasteiger partial charge on any atom is 0.224 e. The number of hydrogen-bond donors (Lipinski definition) is 1. The largest absolute Gasteiger partial charge is 0.326 e. The molecule has 0 fully saturated rings. The van der Waals surface area contributed by atoms with Crippen molar-refractivity contribution in [1.29, 1.82) is 0 Å². The Morgan fingerprint density at radius 2 is 1.77 bits per heavy atom.